The fourth-order valence-electron chi connectivity index (χ4n) is 4.46. The Morgan fingerprint density at radius 1 is 1.03 bits per heavy atom. The largest absolute Gasteiger partial charge is 0.504 e. The summed E-state index contributed by atoms with van der Waals surface area (Å²) in [7, 11) is -2.66. The SMILES string of the molecule is CCCCc1nc(O)c(S(=O)(=O)c2ccc(C3N=C(C)C=CC3=O)cc2)c(O)c1N(C)c1cccc(C)c1. The van der Waals surface area contributed by atoms with Crippen molar-refractivity contribution in [2.75, 3.05) is 11.9 Å². The molecule has 1 unspecified atom stereocenters. The van der Waals surface area contributed by atoms with Gasteiger partial charge in [0.25, 0.3) is 0 Å². The van der Waals surface area contributed by atoms with E-state index in [-0.39, 0.29) is 16.4 Å². The zero-order valence-corrected chi connectivity index (χ0v) is 22.7. The van der Waals surface area contributed by atoms with Crippen LogP contribution in [0.2, 0.25) is 0 Å². The molecule has 8 nitrogen and oxygen atoms in total. The molecule has 1 aliphatic rings. The molecule has 2 N–H and O–H groups in total. The second-order valence-electron chi connectivity index (χ2n) is 9.39. The number of hydrogen-bond donors (Lipinski definition) is 2. The first-order valence-corrected chi connectivity index (χ1v) is 13.9. The number of aryl methyl sites for hydroxylation is 2. The Morgan fingerprint density at radius 3 is 2.39 bits per heavy atom. The summed E-state index contributed by atoms with van der Waals surface area (Å²) in [6.45, 7) is 5.73. The van der Waals surface area contributed by atoms with Crippen LogP contribution in [-0.4, -0.2) is 42.2 Å². The number of carbonyl (C=O) groups is 1. The van der Waals surface area contributed by atoms with Gasteiger partial charge in [-0.2, -0.15) is 0 Å². The lowest BCUT2D eigenvalue weighted by Crippen LogP contribution is -2.16. The maximum Gasteiger partial charge on any atom is 0.234 e. The molecule has 4 rings (SSSR count). The highest BCUT2D eigenvalue weighted by Gasteiger charge is 2.32. The van der Waals surface area contributed by atoms with Gasteiger partial charge in [0.15, 0.2) is 16.4 Å². The molecule has 0 amide bonds. The van der Waals surface area contributed by atoms with E-state index in [9.17, 15) is 23.4 Å². The number of rotatable bonds is 8. The molecule has 0 aliphatic carbocycles. The fourth-order valence-corrected chi connectivity index (χ4v) is 5.82. The Kier molecular flexibility index (Phi) is 7.68. The minimum atomic E-state index is -4.38. The Morgan fingerprint density at radius 2 is 1.74 bits per heavy atom. The van der Waals surface area contributed by atoms with Crippen molar-refractivity contribution in [2.45, 2.75) is 55.9 Å². The van der Waals surface area contributed by atoms with Gasteiger partial charge in [0.2, 0.25) is 15.7 Å². The maximum absolute atomic E-state index is 13.7. The number of nitrogens with zero attached hydrogens (tertiary/aromatic N) is 3. The van der Waals surface area contributed by atoms with E-state index in [1.807, 2.05) is 38.1 Å². The number of allylic oxidation sites excluding steroid dienone is 1. The molecule has 9 heteroatoms. The van der Waals surface area contributed by atoms with E-state index < -0.39 is 32.4 Å². The van der Waals surface area contributed by atoms with Crippen LogP contribution >= 0.6 is 0 Å². The predicted molar refractivity (Wildman–Crippen MR) is 147 cm³/mol. The van der Waals surface area contributed by atoms with Gasteiger partial charge in [0.05, 0.1) is 10.6 Å². The Hall–Kier alpha value is -3.98. The van der Waals surface area contributed by atoms with Crippen LogP contribution in [-0.2, 0) is 21.1 Å². The number of unbranched alkanes of at least 4 members (excludes halogenated alkanes) is 1. The number of aromatic hydroxyl groups is 2. The quantitative estimate of drug-likeness (QED) is 0.399. The van der Waals surface area contributed by atoms with E-state index in [2.05, 4.69) is 9.98 Å². The van der Waals surface area contributed by atoms with Gasteiger partial charge >= 0.3 is 0 Å². The number of hydrogen-bond acceptors (Lipinski definition) is 8. The summed E-state index contributed by atoms with van der Waals surface area (Å²) in [5, 5.41) is 22.2. The topological polar surface area (TPSA) is 120 Å². The molecule has 1 atom stereocenters. The first kappa shape index (κ1) is 27.1. The molecule has 198 valence electrons. The van der Waals surface area contributed by atoms with Crippen molar-refractivity contribution in [1.82, 2.24) is 4.98 Å². The molecular weight excluding hydrogens is 502 g/mol. The van der Waals surface area contributed by atoms with Gasteiger partial charge in [-0.05, 0) is 74.2 Å². The average Bonchev–Trinajstić information content (AvgIpc) is 2.88. The molecule has 0 fully saturated rings. The Bertz CT molecular complexity index is 1540. The lowest BCUT2D eigenvalue weighted by Gasteiger charge is -2.25. The summed E-state index contributed by atoms with van der Waals surface area (Å²) in [6, 6.07) is 12.5. The zero-order valence-electron chi connectivity index (χ0n) is 21.8. The van der Waals surface area contributed by atoms with Crippen molar-refractivity contribution in [2.24, 2.45) is 4.99 Å². The van der Waals surface area contributed by atoms with E-state index >= 15 is 0 Å². The number of dihydropyridines is 1. The van der Waals surface area contributed by atoms with E-state index in [1.165, 1.54) is 30.3 Å². The summed E-state index contributed by atoms with van der Waals surface area (Å²) in [5.41, 5.74) is 3.59. The normalized spacial score (nSPS) is 15.4. The lowest BCUT2D eigenvalue weighted by molar-refractivity contribution is -0.115. The highest BCUT2D eigenvalue weighted by Crippen LogP contribution is 2.45. The van der Waals surface area contributed by atoms with Crippen molar-refractivity contribution in [3.63, 3.8) is 0 Å². The molecule has 2 aromatic carbocycles. The van der Waals surface area contributed by atoms with Crippen molar-refractivity contribution in [1.29, 1.82) is 0 Å². The molecule has 0 spiro atoms. The predicted octanol–water partition coefficient (Wildman–Crippen LogP) is 5.39. The third-order valence-electron chi connectivity index (χ3n) is 6.51. The van der Waals surface area contributed by atoms with Crippen molar-refractivity contribution < 1.29 is 23.4 Å². The molecule has 0 bridgehead atoms. The smallest absolute Gasteiger partial charge is 0.234 e. The van der Waals surface area contributed by atoms with Crippen molar-refractivity contribution >= 4 is 32.7 Å². The highest BCUT2D eigenvalue weighted by molar-refractivity contribution is 7.91. The average molecular weight is 534 g/mol. The third kappa shape index (κ3) is 5.19. The molecule has 0 radical (unpaired) electrons. The number of ketones is 1. The molecule has 2 heterocycles. The van der Waals surface area contributed by atoms with E-state index in [1.54, 1.807) is 24.9 Å². The maximum atomic E-state index is 13.7. The van der Waals surface area contributed by atoms with Crippen LogP contribution in [0.1, 0.15) is 49.6 Å². The number of aromatic nitrogens is 1. The van der Waals surface area contributed by atoms with Gasteiger partial charge in [-0.15, -0.1) is 0 Å². The first-order chi connectivity index (χ1) is 18.0. The van der Waals surface area contributed by atoms with E-state index in [0.717, 1.165) is 24.1 Å². The number of aliphatic imine (C=N–C) groups is 1. The minimum absolute atomic E-state index is 0.154. The number of benzene rings is 2. The highest BCUT2D eigenvalue weighted by atomic mass is 32.2. The lowest BCUT2D eigenvalue weighted by atomic mass is 10.0. The summed E-state index contributed by atoms with van der Waals surface area (Å²) in [6.07, 6.45) is 5.12. The third-order valence-corrected chi connectivity index (χ3v) is 8.32. The van der Waals surface area contributed by atoms with Crippen LogP contribution in [0.25, 0.3) is 0 Å². The molecule has 3 aromatic rings. The van der Waals surface area contributed by atoms with Crippen LogP contribution in [0, 0.1) is 6.92 Å². The van der Waals surface area contributed by atoms with Gasteiger partial charge < -0.3 is 15.1 Å². The summed E-state index contributed by atoms with van der Waals surface area (Å²) < 4.78 is 27.4. The van der Waals surface area contributed by atoms with Crippen LogP contribution < -0.4 is 4.90 Å². The van der Waals surface area contributed by atoms with Crippen LogP contribution in [0.15, 0.2) is 75.5 Å². The zero-order chi connectivity index (χ0) is 27.6. The number of carbonyl (C=O) groups excluding carboxylic acids is 1. The molecule has 0 saturated heterocycles. The molecule has 38 heavy (non-hydrogen) atoms. The van der Waals surface area contributed by atoms with Gasteiger partial charge in [-0.3, -0.25) is 9.79 Å². The van der Waals surface area contributed by atoms with Crippen molar-refractivity contribution in [3.05, 3.63) is 77.5 Å². The first-order valence-electron chi connectivity index (χ1n) is 12.4. The van der Waals surface area contributed by atoms with Crippen LogP contribution in [0.5, 0.6) is 11.6 Å². The summed E-state index contributed by atoms with van der Waals surface area (Å²) in [5.74, 6) is -1.52. The fraction of sp³-hybridized carbons (Fsp3) is 0.276. The van der Waals surface area contributed by atoms with E-state index in [0.29, 0.717) is 23.4 Å². The Labute approximate surface area is 222 Å². The van der Waals surface area contributed by atoms with Crippen LogP contribution in [0.4, 0.5) is 11.4 Å². The summed E-state index contributed by atoms with van der Waals surface area (Å²) in [4.78, 5) is 21.8. The monoisotopic (exact) mass is 533 g/mol. The second-order valence-corrected chi connectivity index (χ2v) is 11.3. The minimum Gasteiger partial charge on any atom is -0.504 e. The summed E-state index contributed by atoms with van der Waals surface area (Å²) >= 11 is 0. The molecule has 1 aliphatic heterocycles. The van der Waals surface area contributed by atoms with Gasteiger partial charge in [-0.1, -0.05) is 37.6 Å². The number of pyridine rings is 1. The standard InChI is InChI=1S/C29H31N3O5S/c1-5-6-10-23-26(32(4)21-9-7-8-18(2)17-21)27(34)28(29(35)31-23)38(36,37)22-14-12-20(13-15-22)25-24(33)16-11-19(3)30-25/h7-9,11-17,25H,5-6,10H2,1-4H3,(H2,31,34,35). The van der Waals surface area contributed by atoms with Crippen molar-refractivity contribution in [3.8, 4) is 11.6 Å². The van der Waals surface area contributed by atoms with Gasteiger partial charge in [-0.25, -0.2) is 13.4 Å². The van der Waals surface area contributed by atoms with Gasteiger partial charge in [0.1, 0.15) is 11.7 Å². The molecule has 1 aromatic heterocycles. The second kappa shape index (κ2) is 10.8. The Balaban J connectivity index is 1.81. The van der Waals surface area contributed by atoms with E-state index in [4.69, 9.17) is 0 Å². The van der Waals surface area contributed by atoms with Gasteiger partial charge in [0, 0.05) is 18.4 Å². The molecule has 0 saturated carbocycles. The van der Waals surface area contributed by atoms with Crippen LogP contribution in [0.3, 0.4) is 0 Å². The number of sulfone groups is 1. The molecular formula is C29H31N3O5S. The number of anilines is 2.